The Hall–Kier alpha value is -0.700. The zero-order valence-electron chi connectivity index (χ0n) is 3.73. The molecule has 0 rings (SSSR count). The van der Waals surface area contributed by atoms with Crippen LogP contribution in [0.4, 0.5) is 0 Å². The first kappa shape index (κ1) is 5.30. The van der Waals surface area contributed by atoms with Crippen LogP contribution in [-0.2, 0) is 0 Å². The van der Waals surface area contributed by atoms with Gasteiger partial charge in [0.25, 0.3) is 0 Å². The molecule has 0 spiro atoms. The molecular weight excluding hydrogens is 78.1 g/mol. The summed E-state index contributed by atoms with van der Waals surface area (Å²) in [4.78, 5) is 0. The number of allylic oxidation sites excluding steroid dienone is 1. The Bertz CT molecular complexity index is 57.1. The van der Waals surface area contributed by atoms with E-state index >= 15 is 0 Å². The topological polar surface area (TPSA) is 64.1 Å². The lowest BCUT2D eigenvalue weighted by Gasteiger charge is -1.91. The van der Waals surface area contributed by atoms with E-state index in [1.807, 2.05) is 0 Å². The molecule has 0 heterocycles. The van der Waals surface area contributed by atoms with Gasteiger partial charge in [-0.3, -0.25) is 5.84 Å². The molecule has 0 aromatic rings. The first-order chi connectivity index (χ1) is 2.81. The maximum atomic E-state index is 4.98. The van der Waals surface area contributed by atoms with Crippen LogP contribution in [0.2, 0.25) is 0 Å². The largest absolute Gasteiger partial charge is 0.403 e. The molecule has 0 aliphatic rings. The average Bonchev–Trinajstić information content (AvgIpc) is 1.65. The molecule has 0 fully saturated rings. The fourth-order valence-corrected chi connectivity index (χ4v) is 0.0481. The van der Waals surface area contributed by atoms with Crippen LogP contribution < -0.4 is 17.0 Å². The van der Waals surface area contributed by atoms with Gasteiger partial charge >= 0.3 is 0 Å². The molecule has 0 amide bonds. The minimum Gasteiger partial charge on any atom is -0.403 e. The third-order valence-corrected chi connectivity index (χ3v) is 0.478. The van der Waals surface area contributed by atoms with Crippen molar-refractivity contribution in [3.63, 3.8) is 0 Å². The molecule has 0 saturated heterocycles. The standard InChI is InChI=1S/C3H9N3/c1-3(2-4)6-5/h2,6H,4-5H2,1H3/b3-2-. The molecular formula is C3H9N3. The number of hydrogen-bond donors (Lipinski definition) is 3. The molecule has 5 N–H and O–H groups in total. The van der Waals surface area contributed by atoms with E-state index in [1.165, 1.54) is 6.20 Å². The van der Waals surface area contributed by atoms with Crippen LogP contribution in [0.1, 0.15) is 6.92 Å². The normalized spacial score (nSPS) is 11.3. The predicted molar refractivity (Wildman–Crippen MR) is 25.3 cm³/mol. The summed E-state index contributed by atoms with van der Waals surface area (Å²) in [6.07, 6.45) is 1.40. The van der Waals surface area contributed by atoms with Gasteiger partial charge in [0.05, 0.1) is 0 Å². The Balaban J connectivity index is 3.22. The molecule has 0 unspecified atom stereocenters. The summed E-state index contributed by atoms with van der Waals surface area (Å²) in [7, 11) is 0. The molecule has 0 aliphatic carbocycles. The van der Waals surface area contributed by atoms with Crippen LogP contribution in [0, 0.1) is 0 Å². The van der Waals surface area contributed by atoms with Crippen molar-refractivity contribution in [2.24, 2.45) is 11.6 Å². The van der Waals surface area contributed by atoms with Gasteiger partial charge in [0.1, 0.15) is 0 Å². The van der Waals surface area contributed by atoms with Crippen molar-refractivity contribution in [1.82, 2.24) is 5.43 Å². The minimum atomic E-state index is 0.773. The molecule has 0 aliphatic heterocycles. The van der Waals surface area contributed by atoms with E-state index in [1.54, 1.807) is 6.92 Å². The highest BCUT2D eigenvalue weighted by Gasteiger charge is 1.70. The third kappa shape index (κ3) is 1.60. The molecule has 6 heavy (non-hydrogen) atoms. The van der Waals surface area contributed by atoms with Crippen LogP contribution in [0.3, 0.4) is 0 Å². The van der Waals surface area contributed by atoms with Crippen molar-refractivity contribution < 1.29 is 0 Å². The summed E-state index contributed by atoms with van der Waals surface area (Å²) < 4.78 is 0. The number of nitrogens with one attached hydrogen (secondary N) is 1. The number of nitrogens with two attached hydrogens (primary N) is 2. The second kappa shape index (κ2) is 2.53. The quantitative estimate of drug-likeness (QED) is 0.292. The molecule has 36 valence electrons. The van der Waals surface area contributed by atoms with Gasteiger partial charge in [0, 0.05) is 11.9 Å². The van der Waals surface area contributed by atoms with Crippen molar-refractivity contribution in [2.75, 3.05) is 0 Å². The highest BCUT2D eigenvalue weighted by Crippen LogP contribution is 1.71. The van der Waals surface area contributed by atoms with Crippen LogP contribution in [0.25, 0.3) is 0 Å². The summed E-state index contributed by atoms with van der Waals surface area (Å²) in [6.45, 7) is 1.78. The van der Waals surface area contributed by atoms with Gasteiger partial charge in [-0.05, 0) is 6.92 Å². The molecule has 0 saturated carbocycles. The zero-order valence-corrected chi connectivity index (χ0v) is 3.73. The fraction of sp³-hybridized carbons (Fsp3) is 0.333. The molecule has 0 atom stereocenters. The van der Waals surface area contributed by atoms with Gasteiger partial charge in [-0.1, -0.05) is 0 Å². The Morgan fingerprint density at radius 2 is 2.33 bits per heavy atom. The van der Waals surface area contributed by atoms with Gasteiger partial charge in [-0.15, -0.1) is 0 Å². The van der Waals surface area contributed by atoms with Gasteiger partial charge in [0.15, 0.2) is 0 Å². The van der Waals surface area contributed by atoms with Gasteiger partial charge in [-0.25, -0.2) is 0 Å². The lowest BCUT2D eigenvalue weighted by Crippen LogP contribution is -2.19. The van der Waals surface area contributed by atoms with E-state index in [0.29, 0.717) is 0 Å². The molecule has 0 aromatic carbocycles. The van der Waals surface area contributed by atoms with Crippen LogP contribution in [-0.4, -0.2) is 0 Å². The maximum absolute atomic E-state index is 4.98. The summed E-state index contributed by atoms with van der Waals surface area (Å²) in [5, 5.41) is 0. The van der Waals surface area contributed by atoms with E-state index < -0.39 is 0 Å². The van der Waals surface area contributed by atoms with Gasteiger partial charge in [0.2, 0.25) is 0 Å². The van der Waals surface area contributed by atoms with Gasteiger partial charge in [-0.2, -0.15) is 0 Å². The smallest absolute Gasteiger partial charge is 0.0382 e. The fourth-order valence-electron chi connectivity index (χ4n) is 0.0481. The SMILES string of the molecule is C/C(=C/N)NN. The highest BCUT2D eigenvalue weighted by atomic mass is 15.2. The van der Waals surface area contributed by atoms with Crippen molar-refractivity contribution in [3.8, 4) is 0 Å². The maximum Gasteiger partial charge on any atom is 0.0382 e. The van der Waals surface area contributed by atoms with Crippen molar-refractivity contribution in [2.45, 2.75) is 6.92 Å². The Kier molecular flexibility index (Phi) is 2.24. The highest BCUT2D eigenvalue weighted by molar-refractivity contribution is 4.88. The third-order valence-electron chi connectivity index (χ3n) is 0.478. The first-order valence-corrected chi connectivity index (χ1v) is 1.66. The van der Waals surface area contributed by atoms with E-state index in [-0.39, 0.29) is 0 Å². The second-order valence-corrected chi connectivity index (χ2v) is 0.994. The average molecular weight is 87.1 g/mol. The van der Waals surface area contributed by atoms with Crippen molar-refractivity contribution >= 4 is 0 Å². The summed E-state index contributed by atoms with van der Waals surface area (Å²) in [5.74, 6) is 4.88. The Morgan fingerprint density at radius 1 is 1.83 bits per heavy atom. The van der Waals surface area contributed by atoms with Crippen molar-refractivity contribution in [3.05, 3.63) is 11.9 Å². The summed E-state index contributed by atoms with van der Waals surface area (Å²) in [5.41, 5.74) is 8.10. The minimum absolute atomic E-state index is 0.773. The number of hydrogen-bond acceptors (Lipinski definition) is 3. The molecule has 0 aromatic heterocycles. The number of hydrazine groups is 1. The molecule has 0 bridgehead atoms. The Labute approximate surface area is 37.0 Å². The van der Waals surface area contributed by atoms with Crippen molar-refractivity contribution in [1.29, 1.82) is 0 Å². The predicted octanol–water partition coefficient (Wildman–Crippen LogP) is -0.730. The first-order valence-electron chi connectivity index (χ1n) is 1.66. The van der Waals surface area contributed by atoms with Crippen LogP contribution in [0.5, 0.6) is 0 Å². The lowest BCUT2D eigenvalue weighted by molar-refractivity contribution is 0.880. The number of rotatable bonds is 1. The summed E-state index contributed by atoms with van der Waals surface area (Å²) in [6, 6.07) is 0. The van der Waals surface area contributed by atoms with Gasteiger partial charge < -0.3 is 11.2 Å². The molecule has 0 radical (unpaired) electrons. The zero-order chi connectivity index (χ0) is 4.99. The molecule has 3 heteroatoms. The van der Waals surface area contributed by atoms with E-state index in [0.717, 1.165) is 5.70 Å². The Morgan fingerprint density at radius 3 is 2.33 bits per heavy atom. The second-order valence-electron chi connectivity index (χ2n) is 0.994. The van der Waals surface area contributed by atoms with E-state index in [2.05, 4.69) is 5.43 Å². The lowest BCUT2D eigenvalue weighted by atomic mass is 10.6. The van der Waals surface area contributed by atoms with E-state index in [9.17, 15) is 0 Å². The van der Waals surface area contributed by atoms with E-state index in [4.69, 9.17) is 11.6 Å². The summed E-state index contributed by atoms with van der Waals surface area (Å²) >= 11 is 0. The van der Waals surface area contributed by atoms with Crippen LogP contribution in [0.15, 0.2) is 11.9 Å². The monoisotopic (exact) mass is 87.1 g/mol. The molecule has 3 nitrogen and oxygen atoms in total. The van der Waals surface area contributed by atoms with Crippen LogP contribution >= 0.6 is 0 Å².